The van der Waals surface area contributed by atoms with Crippen molar-refractivity contribution in [3.8, 4) is 0 Å². The normalized spacial score (nSPS) is 10.9. The number of benzene rings is 1. The summed E-state index contributed by atoms with van der Waals surface area (Å²) in [5.74, 6) is 0.472. The smallest absolute Gasteiger partial charge is 0.248 e. The zero-order chi connectivity index (χ0) is 13.8. The quantitative estimate of drug-likeness (QED) is 0.856. The lowest BCUT2D eigenvalue weighted by Crippen LogP contribution is -2.09. The first kappa shape index (κ1) is 13.6. The van der Waals surface area contributed by atoms with Crippen molar-refractivity contribution in [1.82, 2.24) is 0 Å². The van der Waals surface area contributed by atoms with Crippen LogP contribution in [0.5, 0.6) is 0 Å². The summed E-state index contributed by atoms with van der Waals surface area (Å²) in [6.07, 6.45) is 4.66. The number of furan rings is 1. The van der Waals surface area contributed by atoms with E-state index in [1.54, 1.807) is 24.5 Å². The standard InChI is InChI=1S/C15H14BrNO2/c1-10-9-14(11(2)8-13(10)16)17-15(18)6-5-12-4-3-7-19-12/h3-9H,1-2H3,(H,17,18)/b6-5+. The fourth-order valence-electron chi connectivity index (χ4n) is 1.63. The van der Waals surface area contributed by atoms with Gasteiger partial charge in [-0.05, 0) is 55.3 Å². The van der Waals surface area contributed by atoms with Gasteiger partial charge in [0, 0.05) is 16.2 Å². The molecule has 98 valence electrons. The van der Waals surface area contributed by atoms with Gasteiger partial charge in [-0.1, -0.05) is 15.9 Å². The van der Waals surface area contributed by atoms with Gasteiger partial charge in [-0.15, -0.1) is 0 Å². The summed E-state index contributed by atoms with van der Waals surface area (Å²) in [5.41, 5.74) is 2.91. The Hall–Kier alpha value is -1.81. The Morgan fingerprint density at radius 1 is 1.32 bits per heavy atom. The fourth-order valence-corrected chi connectivity index (χ4v) is 2.09. The van der Waals surface area contributed by atoms with Crippen LogP contribution in [0, 0.1) is 13.8 Å². The predicted molar refractivity (Wildman–Crippen MR) is 80.0 cm³/mol. The molecule has 0 aliphatic rings. The van der Waals surface area contributed by atoms with Gasteiger partial charge >= 0.3 is 0 Å². The molecule has 19 heavy (non-hydrogen) atoms. The molecule has 0 spiro atoms. The van der Waals surface area contributed by atoms with Crippen LogP contribution in [-0.2, 0) is 4.79 Å². The summed E-state index contributed by atoms with van der Waals surface area (Å²) in [6.45, 7) is 3.94. The van der Waals surface area contributed by atoms with Crippen LogP contribution in [0.1, 0.15) is 16.9 Å². The van der Waals surface area contributed by atoms with Crippen LogP contribution in [0.3, 0.4) is 0 Å². The van der Waals surface area contributed by atoms with Gasteiger partial charge in [-0.3, -0.25) is 4.79 Å². The lowest BCUT2D eigenvalue weighted by Gasteiger charge is -2.09. The molecule has 0 atom stereocenters. The van der Waals surface area contributed by atoms with Crippen LogP contribution < -0.4 is 5.32 Å². The molecule has 3 nitrogen and oxygen atoms in total. The highest BCUT2D eigenvalue weighted by atomic mass is 79.9. The van der Waals surface area contributed by atoms with Crippen LogP contribution in [0.25, 0.3) is 6.08 Å². The second-order valence-corrected chi connectivity index (χ2v) is 5.11. The van der Waals surface area contributed by atoms with E-state index in [1.807, 2.05) is 26.0 Å². The van der Waals surface area contributed by atoms with Gasteiger partial charge in [0.25, 0.3) is 0 Å². The number of carbonyl (C=O) groups is 1. The maximum Gasteiger partial charge on any atom is 0.248 e. The van der Waals surface area contributed by atoms with E-state index in [0.29, 0.717) is 5.76 Å². The third-order valence-corrected chi connectivity index (χ3v) is 3.56. The van der Waals surface area contributed by atoms with Gasteiger partial charge < -0.3 is 9.73 Å². The molecule has 0 bridgehead atoms. The lowest BCUT2D eigenvalue weighted by molar-refractivity contribution is -0.111. The summed E-state index contributed by atoms with van der Waals surface area (Å²) in [6, 6.07) is 7.50. The molecule has 0 radical (unpaired) electrons. The third-order valence-electron chi connectivity index (χ3n) is 2.71. The Bertz CT molecular complexity index is 615. The summed E-state index contributed by atoms with van der Waals surface area (Å²) in [7, 11) is 0. The molecular weight excluding hydrogens is 306 g/mol. The van der Waals surface area contributed by atoms with E-state index >= 15 is 0 Å². The second-order valence-electron chi connectivity index (χ2n) is 4.25. The molecule has 1 heterocycles. The van der Waals surface area contributed by atoms with Crippen LogP contribution in [0.2, 0.25) is 0 Å². The maximum absolute atomic E-state index is 11.8. The van der Waals surface area contributed by atoms with Crippen LogP contribution in [0.4, 0.5) is 5.69 Å². The molecule has 0 saturated carbocycles. The Balaban J connectivity index is 2.09. The molecule has 4 heteroatoms. The number of carbonyl (C=O) groups excluding carboxylic acids is 1. The van der Waals surface area contributed by atoms with Gasteiger partial charge in [0.15, 0.2) is 0 Å². The number of nitrogens with one attached hydrogen (secondary N) is 1. The molecule has 0 aliphatic heterocycles. The van der Waals surface area contributed by atoms with E-state index in [2.05, 4.69) is 21.2 Å². The molecule has 2 aromatic rings. The van der Waals surface area contributed by atoms with Gasteiger partial charge in [0.2, 0.25) is 5.91 Å². The van der Waals surface area contributed by atoms with Crippen molar-refractivity contribution >= 4 is 33.6 Å². The highest BCUT2D eigenvalue weighted by molar-refractivity contribution is 9.10. The molecule has 0 fully saturated rings. The summed E-state index contributed by atoms with van der Waals surface area (Å²) < 4.78 is 6.16. The zero-order valence-electron chi connectivity index (χ0n) is 10.7. The van der Waals surface area contributed by atoms with Crippen LogP contribution >= 0.6 is 15.9 Å². The molecule has 1 aromatic carbocycles. The number of hydrogen-bond acceptors (Lipinski definition) is 2. The van der Waals surface area contributed by atoms with E-state index in [1.165, 1.54) is 6.08 Å². The van der Waals surface area contributed by atoms with Crippen molar-refractivity contribution in [2.75, 3.05) is 5.32 Å². The van der Waals surface area contributed by atoms with Crippen molar-refractivity contribution in [3.63, 3.8) is 0 Å². The van der Waals surface area contributed by atoms with Gasteiger partial charge in [0.05, 0.1) is 6.26 Å². The molecule has 0 unspecified atom stereocenters. The largest absolute Gasteiger partial charge is 0.465 e. The summed E-state index contributed by atoms with van der Waals surface area (Å²) in [4.78, 5) is 11.8. The third kappa shape index (κ3) is 3.58. The van der Waals surface area contributed by atoms with Gasteiger partial charge in [-0.25, -0.2) is 0 Å². The Kier molecular flexibility index (Phi) is 4.22. The molecule has 1 N–H and O–H groups in total. The number of aryl methyl sites for hydroxylation is 2. The molecule has 2 rings (SSSR count). The van der Waals surface area contributed by atoms with Crippen molar-refractivity contribution in [3.05, 3.63) is 58.0 Å². The molecule has 1 aromatic heterocycles. The van der Waals surface area contributed by atoms with Crippen molar-refractivity contribution in [2.45, 2.75) is 13.8 Å². The minimum Gasteiger partial charge on any atom is -0.465 e. The summed E-state index contributed by atoms with van der Waals surface area (Å²) in [5, 5.41) is 2.85. The Labute approximate surface area is 120 Å². The van der Waals surface area contributed by atoms with Crippen molar-refractivity contribution < 1.29 is 9.21 Å². The number of halogens is 1. The maximum atomic E-state index is 11.8. The van der Waals surface area contributed by atoms with Crippen LogP contribution in [-0.4, -0.2) is 5.91 Å². The second kappa shape index (κ2) is 5.89. The molecule has 1 amide bonds. The number of rotatable bonds is 3. The average molecular weight is 320 g/mol. The Morgan fingerprint density at radius 3 is 2.79 bits per heavy atom. The highest BCUT2D eigenvalue weighted by Crippen LogP contribution is 2.24. The SMILES string of the molecule is Cc1cc(NC(=O)/C=C/c2ccco2)c(C)cc1Br. The minimum atomic E-state index is -0.179. The van der Waals surface area contributed by atoms with E-state index in [9.17, 15) is 4.79 Å². The highest BCUT2D eigenvalue weighted by Gasteiger charge is 2.05. The predicted octanol–water partition coefficient (Wildman–Crippen LogP) is 4.31. The fraction of sp³-hybridized carbons (Fsp3) is 0.133. The van der Waals surface area contributed by atoms with Gasteiger partial charge in [-0.2, -0.15) is 0 Å². The monoisotopic (exact) mass is 319 g/mol. The first-order valence-corrected chi connectivity index (χ1v) is 6.65. The minimum absolute atomic E-state index is 0.179. The van der Waals surface area contributed by atoms with E-state index < -0.39 is 0 Å². The van der Waals surface area contributed by atoms with E-state index in [-0.39, 0.29) is 5.91 Å². The molecular formula is C15H14BrNO2. The topological polar surface area (TPSA) is 42.2 Å². The first-order valence-electron chi connectivity index (χ1n) is 5.85. The number of amides is 1. The average Bonchev–Trinajstić information content (AvgIpc) is 2.86. The van der Waals surface area contributed by atoms with Gasteiger partial charge in [0.1, 0.15) is 5.76 Å². The van der Waals surface area contributed by atoms with Crippen molar-refractivity contribution in [1.29, 1.82) is 0 Å². The first-order chi connectivity index (χ1) is 9.06. The Morgan fingerprint density at radius 2 is 2.11 bits per heavy atom. The summed E-state index contributed by atoms with van der Waals surface area (Å²) >= 11 is 3.46. The van der Waals surface area contributed by atoms with Crippen molar-refractivity contribution in [2.24, 2.45) is 0 Å². The lowest BCUT2D eigenvalue weighted by atomic mass is 10.1. The van der Waals surface area contributed by atoms with E-state index in [0.717, 1.165) is 21.3 Å². The van der Waals surface area contributed by atoms with Crippen LogP contribution in [0.15, 0.2) is 45.5 Å². The number of hydrogen-bond donors (Lipinski definition) is 1. The number of anilines is 1. The molecule has 0 saturated heterocycles. The van der Waals surface area contributed by atoms with E-state index in [4.69, 9.17) is 4.42 Å². The molecule has 0 aliphatic carbocycles. The zero-order valence-corrected chi connectivity index (χ0v) is 12.3.